The second-order valence-corrected chi connectivity index (χ2v) is 2.46. The lowest BCUT2D eigenvalue weighted by molar-refractivity contribution is 0.282. The van der Waals surface area contributed by atoms with E-state index < -0.39 is 0 Å². The van der Waals surface area contributed by atoms with Crippen LogP contribution in [0.1, 0.15) is 5.56 Å². The highest BCUT2D eigenvalue weighted by molar-refractivity contribution is 6.47. The minimum Gasteiger partial charge on any atom is -0.497 e. The Morgan fingerprint density at radius 3 is 2.75 bits per heavy atom. The summed E-state index contributed by atoms with van der Waals surface area (Å²) in [6.07, 6.45) is 0. The molecule has 0 aliphatic rings. The minimum absolute atomic E-state index is 0.0169. The van der Waals surface area contributed by atoms with E-state index in [0.717, 1.165) is 5.56 Å². The molecule has 0 amide bonds. The Morgan fingerprint density at radius 1 is 1.50 bits per heavy atom. The molecule has 64 valence electrons. The van der Waals surface area contributed by atoms with E-state index in [9.17, 15) is 0 Å². The summed E-state index contributed by atoms with van der Waals surface area (Å²) in [6.45, 7) is -0.0169. The van der Waals surface area contributed by atoms with Gasteiger partial charge in [-0.25, -0.2) is 0 Å². The first-order valence-electron chi connectivity index (χ1n) is 3.69. The number of aliphatic hydroxyl groups is 1. The van der Waals surface area contributed by atoms with Gasteiger partial charge in [-0.2, -0.15) is 0 Å². The van der Waals surface area contributed by atoms with E-state index >= 15 is 0 Å². The minimum atomic E-state index is -0.0724. The predicted octanol–water partition coefficient (Wildman–Crippen LogP) is -0.843. The number of hydrogen-bond donors (Lipinski definition) is 2. The Morgan fingerprint density at radius 2 is 2.25 bits per heavy atom. The van der Waals surface area contributed by atoms with E-state index in [1.807, 2.05) is 0 Å². The van der Waals surface area contributed by atoms with E-state index in [4.69, 9.17) is 14.9 Å². The van der Waals surface area contributed by atoms with Crippen LogP contribution in [-0.4, -0.2) is 24.7 Å². The maximum absolute atomic E-state index is 8.91. The quantitative estimate of drug-likeness (QED) is 0.575. The first-order chi connectivity index (χ1) is 5.81. The Balaban J connectivity index is 3.02. The highest BCUT2D eigenvalue weighted by Crippen LogP contribution is 2.08. The molecule has 0 bridgehead atoms. The van der Waals surface area contributed by atoms with Crippen molar-refractivity contribution >= 4 is 12.9 Å². The lowest BCUT2D eigenvalue weighted by atomic mass is 9.86. The molecule has 0 atom stereocenters. The summed E-state index contributed by atoms with van der Waals surface area (Å²) in [5.74, 6) is 0.648. The maximum Gasteiger partial charge on any atom is 0.308 e. The molecular formula is C8H11BO3. The Kier molecular flexibility index (Phi) is 3.14. The third-order valence-corrected chi connectivity index (χ3v) is 1.70. The Hall–Kier alpha value is -0.995. The lowest BCUT2D eigenvalue weighted by Gasteiger charge is -2.06. The van der Waals surface area contributed by atoms with Crippen molar-refractivity contribution in [3.05, 3.63) is 23.8 Å². The summed E-state index contributed by atoms with van der Waals surface area (Å²) in [6, 6.07) is 5.22. The van der Waals surface area contributed by atoms with Crippen molar-refractivity contribution in [2.45, 2.75) is 6.61 Å². The summed E-state index contributed by atoms with van der Waals surface area (Å²) in [7, 11) is 1.48. The molecule has 0 aromatic heterocycles. The number of aliphatic hydroxyl groups excluding tert-OH is 1. The number of hydrogen-bond acceptors (Lipinski definition) is 3. The first-order valence-corrected chi connectivity index (χ1v) is 3.69. The molecule has 0 unspecified atom stereocenters. The average Bonchev–Trinajstić information content (AvgIpc) is 2.16. The standard InChI is InChI=1S/C8H11BO3/c1-12-8-3-2-6(5-10)4-7(8)9-11/h2-4,9-11H,5H2,1H3. The molecule has 4 heteroatoms. The van der Waals surface area contributed by atoms with Gasteiger partial charge in [0.05, 0.1) is 13.7 Å². The van der Waals surface area contributed by atoms with Crippen molar-refractivity contribution in [3.8, 4) is 5.75 Å². The van der Waals surface area contributed by atoms with E-state index in [1.165, 1.54) is 0 Å². The van der Waals surface area contributed by atoms with Gasteiger partial charge < -0.3 is 14.9 Å². The molecule has 2 N–H and O–H groups in total. The van der Waals surface area contributed by atoms with Crippen LogP contribution in [0.15, 0.2) is 18.2 Å². The van der Waals surface area contributed by atoms with Gasteiger partial charge in [0, 0.05) is 0 Å². The summed E-state index contributed by atoms with van der Waals surface area (Å²) in [5.41, 5.74) is 1.48. The van der Waals surface area contributed by atoms with Crippen LogP contribution in [0.2, 0.25) is 0 Å². The molecule has 3 nitrogen and oxygen atoms in total. The van der Waals surface area contributed by atoms with Crippen LogP contribution < -0.4 is 10.2 Å². The van der Waals surface area contributed by atoms with Gasteiger partial charge in [-0.05, 0) is 17.1 Å². The first kappa shape index (κ1) is 9.10. The highest BCUT2D eigenvalue weighted by atomic mass is 16.5. The topological polar surface area (TPSA) is 49.7 Å². The zero-order valence-corrected chi connectivity index (χ0v) is 6.95. The van der Waals surface area contributed by atoms with Crippen LogP contribution >= 0.6 is 0 Å². The zero-order chi connectivity index (χ0) is 8.97. The van der Waals surface area contributed by atoms with Crippen molar-refractivity contribution in [1.82, 2.24) is 0 Å². The van der Waals surface area contributed by atoms with Crippen LogP contribution in [0, 0.1) is 0 Å². The van der Waals surface area contributed by atoms with Gasteiger partial charge in [0.15, 0.2) is 0 Å². The second-order valence-electron chi connectivity index (χ2n) is 2.46. The fourth-order valence-electron chi connectivity index (χ4n) is 1.05. The van der Waals surface area contributed by atoms with Crippen LogP contribution in [-0.2, 0) is 6.61 Å². The summed E-state index contributed by atoms with van der Waals surface area (Å²) >= 11 is 0. The van der Waals surface area contributed by atoms with Crippen LogP contribution in [0.3, 0.4) is 0 Å². The molecule has 0 saturated carbocycles. The van der Waals surface area contributed by atoms with Crippen molar-refractivity contribution in [1.29, 1.82) is 0 Å². The summed E-state index contributed by atoms with van der Waals surface area (Å²) in [4.78, 5) is 0. The Bertz CT molecular complexity index is 262. The molecule has 0 saturated heterocycles. The molecule has 0 aliphatic carbocycles. The fraction of sp³-hybridized carbons (Fsp3) is 0.250. The van der Waals surface area contributed by atoms with Gasteiger partial charge in [0.25, 0.3) is 0 Å². The largest absolute Gasteiger partial charge is 0.497 e. The molecule has 1 rings (SSSR count). The third-order valence-electron chi connectivity index (χ3n) is 1.70. The summed E-state index contributed by atoms with van der Waals surface area (Å²) < 4.78 is 4.99. The van der Waals surface area contributed by atoms with E-state index in [1.54, 1.807) is 25.3 Å². The molecule has 12 heavy (non-hydrogen) atoms. The van der Waals surface area contributed by atoms with Crippen molar-refractivity contribution in [3.63, 3.8) is 0 Å². The number of ether oxygens (including phenoxy) is 1. The maximum atomic E-state index is 8.91. The molecular weight excluding hydrogens is 155 g/mol. The zero-order valence-electron chi connectivity index (χ0n) is 6.95. The van der Waals surface area contributed by atoms with E-state index in [0.29, 0.717) is 11.2 Å². The van der Waals surface area contributed by atoms with Gasteiger partial charge in [0.2, 0.25) is 0 Å². The monoisotopic (exact) mass is 166 g/mol. The molecule has 0 radical (unpaired) electrons. The molecule has 1 aromatic carbocycles. The van der Waals surface area contributed by atoms with E-state index in [2.05, 4.69) is 0 Å². The average molecular weight is 166 g/mol. The van der Waals surface area contributed by atoms with Crippen LogP contribution in [0.25, 0.3) is 0 Å². The van der Waals surface area contributed by atoms with Crippen molar-refractivity contribution < 1.29 is 14.9 Å². The van der Waals surface area contributed by atoms with Gasteiger partial charge >= 0.3 is 7.48 Å². The number of rotatable bonds is 3. The summed E-state index contributed by atoms with van der Waals surface area (Å²) in [5, 5.41) is 17.7. The normalized spacial score (nSPS) is 9.58. The molecule has 0 aliphatic heterocycles. The van der Waals surface area contributed by atoms with Gasteiger partial charge in [-0.1, -0.05) is 12.1 Å². The smallest absolute Gasteiger partial charge is 0.308 e. The van der Waals surface area contributed by atoms with Crippen molar-refractivity contribution in [2.75, 3.05) is 7.11 Å². The molecule has 0 fully saturated rings. The van der Waals surface area contributed by atoms with Crippen molar-refractivity contribution in [2.24, 2.45) is 0 Å². The number of benzene rings is 1. The van der Waals surface area contributed by atoms with Crippen LogP contribution in [0.5, 0.6) is 5.75 Å². The number of methoxy groups -OCH3 is 1. The molecule has 0 heterocycles. The van der Waals surface area contributed by atoms with Gasteiger partial charge in [-0.15, -0.1) is 0 Å². The fourth-order valence-corrected chi connectivity index (χ4v) is 1.05. The second kappa shape index (κ2) is 4.14. The predicted molar refractivity (Wildman–Crippen MR) is 47.9 cm³/mol. The van der Waals surface area contributed by atoms with Gasteiger partial charge in [0.1, 0.15) is 5.75 Å². The third kappa shape index (κ3) is 1.78. The lowest BCUT2D eigenvalue weighted by Crippen LogP contribution is -2.17. The molecule has 1 aromatic rings. The van der Waals surface area contributed by atoms with Crippen LogP contribution in [0.4, 0.5) is 0 Å². The Labute approximate surface area is 71.9 Å². The van der Waals surface area contributed by atoms with Gasteiger partial charge in [-0.3, -0.25) is 0 Å². The van der Waals surface area contributed by atoms with E-state index in [-0.39, 0.29) is 14.1 Å². The highest BCUT2D eigenvalue weighted by Gasteiger charge is 2.03. The molecule has 0 spiro atoms. The SMILES string of the molecule is COc1ccc(CO)cc1BO.